The van der Waals surface area contributed by atoms with Crippen LogP contribution in [0.15, 0.2) is 12.5 Å². The van der Waals surface area contributed by atoms with Gasteiger partial charge in [-0.1, -0.05) is 0 Å². The van der Waals surface area contributed by atoms with E-state index in [1.165, 1.54) is 12.5 Å². The van der Waals surface area contributed by atoms with E-state index < -0.39 is 11.9 Å². The number of carbonyl (C=O) groups excluding carboxylic acids is 1. The molecule has 6 heteroatoms. The van der Waals surface area contributed by atoms with E-state index in [4.69, 9.17) is 5.11 Å². The normalized spacial score (nSPS) is 9.33. The number of rotatable bonds is 2. The second kappa shape index (κ2) is 3.51. The van der Waals surface area contributed by atoms with E-state index in [0.29, 0.717) is 5.69 Å². The summed E-state index contributed by atoms with van der Waals surface area (Å²) >= 11 is 0. The van der Waals surface area contributed by atoms with Gasteiger partial charge in [0, 0.05) is 6.20 Å². The number of nitrogens with one attached hydrogen (secondary N) is 2. The predicted octanol–water partition coefficient (Wildman–Crippen LogP) is -0.890. The molecule has 0 bridgehead atoms. The Morgan fingerprint density at radius 2 is 2.42 bits per heavy atom. The van der Waals surface area contributed by atoms with Gasteiger partial charge < -0.3 is 15.4 Å². The van der Waals surface area contributed by atoms with Crippen molar-refractivity contribution in [2.75, 3.05) is 0 Å². The maximum Gasteiger partial charge on any atom is 0.394 e. The smallest absolute Gasteiger partial charge is 0.394 e. The van der Waals surface area contributed by atoms with Gasteiger partial charge in [-0.2, -0.15) is 0 Å². The number of hydrogen-bond acceptors (Lipinski definition) is 3. The lowest BCUT2D eigenvalue weighted by molar-refractivity contribution is -0.150. The molecule has 0 aromatic carbocycles. The zero-order valence-corrected chi connectivity index (χ0v) is 6.07. The van der Waals surface area contributed by atoms with Gasteiger partial charge in [-0.25, -0.2) is 9.78 Å². The van der Waals surface area contributed by atoms with E-state index >= 15 is 0 Å². The molecule has 6 nitrogen and oxygen atoms in total. The van der Waals surface area contributed by atoms with Crippen molar-refractivity contribution >= 4 is 11.9 Å². The van der Waals surface area contributed by atoms with E-state index in [-0.39, 0.29) is 6.54 Å². The molecular formula is C6H7N3O3. The van der Waals surface area contributed by atoms with E-state index in [9.17, 15) is 9.59 Å². The number of amides is 1. The monoisotopic (exact) mass is 169 g/mol. The van der Waals surface area contributed by atoms with Crippen molar-refractivity contribution in [2.45, 2.75) is 6.54 Å². The number of carboxylic acids is 1. The lowest BCUT2D eigenvalue weighted by Crippen LogP contribution is -2.30. The van der Waals surface area contributed by atoms with Crippen molar-refractivity contribution in [1.82, 2.24) is 15.3 Å². The molecule has 64 valence electrons. The minimum Gasteiger partial charge on any atom is -0.474 e. The molecule has 0 unspecified atom stereocenters. The summed E-state index contributed by atoms with van der Waals surface area (Å²) in [6.45, 7) is 0.144. The van der Waals surface area contributed by atoms with Crippen LogP contribution in [0.5, 0.6) is 0 Å². The summed E-state index contributed by atoms with van der Waals surface area (Å²) in [5, 5.41) is 10.3. The van der Waals surface area contributed by atoms with E-state index in [2.05, 4.69) is 15.3 Å². The maximum atomic E-state index is 10.5. The number of H-pyrrole nitrogens is 1. The van der Waals surface area contributed by atoms with Gasteiger partial charge in [-0.05, 0) is 0 Å². The van der Waals surface area contributed by atoms with Crippen LogP contribution in [0.25, 0.3) is 0 Å². The third kappa shape index (κ3) is 2.08. The molecule has 1 amide bonds. The molecule has 0 aliphatic carbocycles. The molecule has 3 N–H and O–H groups in total. The highest BCUT2D eigenvalue weighted by molar-refractivity contribution is 6.31. The van der Waals surface area contributed by atoms with Crippen molar-refractivity contribution in [2.24, 2.45) is 0 Å². The molecule has 1 heterocycles. The van der Waals surface area contributed by atoms with Gasteiger partial charge in [0.1, 0.15) is 0 Å². The highest BCUT2D eigenvalue weighted by atomic mass is 16.4. The Kier molecular flexibility index (Phi) is 2.42. The molecule has 0 radical (unpaired) electrons. The molecule has 0 fully saturated rings. The Morgan fingerprint density at radius 3 is 2.92 bits per heavy atom. The van der Waals surface area contributed by atoms with Gasteiger partial charge in [0.15, 0.2) is 0 Å². The largest absolute Gasteiger partial charge is 0.474 e. The Hall–Kier alpha value is -1.85. The molecule has 0 spiro atoms. The summed E-state index contributed by atoms with van der Waals surface area (Å²) < 4.78 is 0. The van der Waals surface area contributed by atoms with Crippen LogP contribution in [0.3, 0.4) is 0 Å². The standard InChI is InChI=1S/C6H7N3O3/c10-5(6(11)12)8-2-4-1-7-3-9-4/h1,3H,2H2,(H,7,9)(H,8,10)(H,11,12). The average Bonchev–Trinajstić information content (AvgIpc) is 2.51. The summed E-state index contributed by atoms with van der Waals surface area (Å²) in [4.78, 5) is 26.9. The fourth-order valence-electron chi connectivity index (χ4n) is 0.632. The van der Waals surface area contributed by atoms with Crippen LogP contribution in [-0.4, -0.2) is 27.0 Å². The summed E-state index contributed by atoms with van der Waals surface area (Å²) in [7, 11) is 0. The van der Waals surface area contributed by atoms with E-state index in [0.717, 1.165) is 0 Å². The molecule has 1 rings (SSSR count). The quantitative estimate of drug-likeness (QED) is 0.500. The maximum absolute atomic E-state index is 10.5. The SMILES string of the molecule is O=C(O)C(=O)NCc1cnc[nH]1. The first-order valence-corrected chi connectivity index (χ1v) is 3.18. The number of imidazole rings is 1. The number of carbonyl (C=O) groups is 2. The lowest BCUT2D eigenvalue weighted by Gasteiger charge is -1.97. The third-order valence-electron chi connectivity index (χ3n) is 1.19. The van der Waals surface area contributed by atoms with Crippen LogP contribution in [0, 0.1) is 0 Å². The molecule has 0 saturated carbocycles. The second-order valence-electron chi connectivity index (χ2n) is 2.06. The third-order valence-corrected chi connectivity index (χ3v) is 1.19. The number of hydrogen-bond donors (Lipinski definition) is 3. The summed E-state index contributed by atoms with van der Waals surface area (Å²) in [6.07, 6.45) is 2.95. The molecule has 1 aromatic heterocycles. The van der Waals surface area contributed by atoms with Crippen LogP contribution < -0.4 is 5.32 Å². The molecule has 0 aliphatic rings. The van der Waals surface area contributed by atoms with Gasteiger partial charge in [0.05, 0.1) is 18.6 Å². The minimum atomic E-state index is -1.49. The molecule has 1 aromatic rings. The number of nitrogens with zero attached hydrogens (tertiary/aromatic N) is 1. The van der Waals surface area contributed by atoms with Crippen LogP contribution in [0.1, 0.15) is 5.69 Å². The van der Waals surface area contributed by atoms with E-state index in [1.807, 2.05) is 0 Å². The Bertz CT molecular complexity index is 280. The van der Waals surface area contributed by atoms with Crippen LogP contribution in [0.2, 0.25) is 0 Å². The molecule has 12 heavy (non-hydrogen) atoms. The average molecular weight is 169 g/mol. The van der Waals surface area contributed by atoms with Crippen LogP contribution in [0.4, 0.5) is 0 Å². The summed E-state index contributed by atoms with van der Waals surface area (Å²) in [6, 6.07) is 0. The fourth-order valence-corrected chi connectivity index (χ4v) is 0.632. The molecule has 0 atom stereocenters. The Labute approximate surface area is 67.6 Å². The van der Waals surface area contributed by atoms with Crippen molar-refractivity contribution in [3.05, 3.63) is 18.2 Å². The zero-order chi connectivity index (χ0) is 8.97. The minimum absolute atomic E-state index is 0.144. The number of carboxylic acid groups (broad SMARTS) is 1. The van der Waals surface area contributed by atoms with Crippen LogP contribution >= 0.6 is 0 Å². The summed E-state index contributed by atoms with van der Waals surface area (Å²) in [5.74, 6) is -2.51. The lowest BCUT2D eigenvalue weighted by atomic mass is 10.4. The molecule has 0 saturated heterocycles. The van der Waals surface area contributed by atoms with Crippen molar-refractivity contribution in [3.63, 3.8) is 0 Å². The van der Waals surface area contributed by atoms with Gasteiger partial charge in [0.2, 0.25) is 0 Å². The van der Waals surface area contributed by atoms with Crippen molar-refractivity contribution in [1.29, 1.82) is 0 Å². The highest BCUT2D eigenvalue weighted by Crippen LogP contribution is 1.88. The highest BCUT2D eigenvalue weighted by Gasteiger charge is 2.09. The van der Waals surface area contributed by atoms with Crippen molar-refractivity contribution in [3.8, 4) is 0 Å². The van der Waals surface area contributed by atoms with E-state index in [1.54, 1.807) is 0 Å². The first-order chi connectivity index (χ1) is 5.70. The first-order valence-electron chi connectivity index (χ1n) is 3.18. The van der Waals surface area contributed by atoms with Gasteiger partial charge in [-0.15, -0.1) is 0 Å². The Morgan fingerprint density at radius 1 is 1.67 bits per heavy atom. The van der Waals surface area contributed by atoms with Gasteiger partial charge in [-0.3, -0.25) is 4.79 Å². The molecule has 0 aliphatic heterocycles. The first kappa shape index (κ1) is 8.25. The molecular weight excluding hydrogens is 162 g/mol. The predicted molar refractivity (Wildman–Crippen MR) is 38.1 cm³/mol. The number of aromatic amines is 1. The zero-order valence-electron chi connectivity index (χ0n) is 6.07. The second-order valence-corrected chi connectivity index (χ2v) is 2.06. The van der Waals surface area contributed by atoms with Crippen molar-refractivity contribution < 1.29 is 14.7 Å². The Balaban J connectivity index is 2.37. The summed E-state index contributed by atoms with van der Waals surface area (Å²) in [5.41, 5.74) is 0.657. The van der Waals surface area contributed by atoms with Crippen LogP contribution in [-0.2, 0) is 16.1 Å². The topological polar surface area (TPSA) is 95.1 Å². The fraction of sp³-hybridized carbons (Fsp3) is 0.167. The number of aromatic nitrogens is 2. The van der Waals surface area contributed by atoms with Gasteiger partial charge >= 0.3 is 11.9 Å². The van der Waals surface area contributed by atoms with Gasteiger partial charge in [0.25, 0.3) is 0 Å². The number of aliphatic carboxylic acids is 1.